The number of carbonyl (C=O) groups is 1. The van der Waals surface area contributed by atoms with E-state index in [9.17, 15) is 4.79 Å². The van der Waals surface area contributed by atoms with Crippen LogP contribution >= 0.6 is 12.6 Å². The average molecular weight is 298 g/mol. The van der Waals surface area contributed by atoms with Crippen LogP contribution in [-0.2, 0) is 4.79 Å². The summed E-state index contributed by atoms with van der Waals surface area (Å²) < 4.78 is 0. The molecule has 1 N–H and O–H groups in total. The SMILES string of the molecule is CC(CC1CCC1)NC(C(=O)CCC1CCC1)C(C)S. The summed E-state index contributed by atoms with van der Waals surface area (Å²) in [4.78, 5) is 12.4. The van der Waals surface area contributed by atoms with Gasteiger partial charge in [0, 0.05) is 17.7 Å². The van der Waals surface area contributed by atoms with Crippen LogP contribution in [0.25, 0.3) is 0 Å². The predicted molar refractivity (Wildman–Crippen MR) is 88.4 cm³/mol. The fraction of sp³-hybridized carbons (Fsp3) is 0.941. The van der Waals surface area contributed by atoms with E-state index in [4.69, 9.17) is 0 Å². The maximum absolute atomic E-state index is 12.4. The molecular weight excluding hydrogens is 266 g/mol. The number of nitrogens with one attached hydrogen (secondary N) is 1. The zero-order valence-corrected chi connectivity index (χ0v) is 14.0. The molecule has 0 amide bonds. The molecule has 116 valence electrons. The molecule has 0 aliphatic heterocycles. The molecule has 3 heteroatoms. The van der Waals surface area contributed by atoms with Crippen LogP contribution in [0, 0.1) is 11.8 Å². The van der Waals surface area contributed by atoms with Crippen LogP contribution in [-0.4, -0.2) is 23.1 Å². The third kappa shape index (κ3) is 4.77. The monoisotopic (exact) mass is 297 g/mol. The normalized spacial score (nSPS) is 24.6. The van der Waals surface area contributed by atoms with E-state index in [1.807, 2.05) is 6.92 Å². The summed E-state index contributed by atoms with van der Waals surface area (Å²) in [7, 11) is 0. The van der Waals surface area contributed by atoms with Crippen molar-refractivity contribution in [2.24, 2.45) is 11.8 Å². The van der Waals surface area contributed by atoms with Crippen molar-refractivity contribution in [3.05, 3.63) is 0 Å². The lowest BCUT2D eigenvalue weighted by molar-refractivity contribution is -0.121. The summed E-state index contributed by atoms with van der Waals surface area (Å²) in [5, 5.41) is 3.65. The second-order valence-corrected chi connectivity index (χ2v) is 7.94. The van der Waals surface area contributed by atoms with Crippen molar-refractivity contribution in [3.8, 4) is 0 Å². The van der Waals surface area contributed by atoms with Gasteiger partial charge in [-0.3, -0.25) is 4.79 Å². The molecule has 2 aliphatic rings. The van der Waals surface area contributed by atoms with Gasteiger partial charge in [-0.05, 0) is 31.6 Å². The predicted octanol–water partition coefficient (Wildman–Crippen LogP) is 3.99. The summed E-state index contributed by atoms with van der Waals surface area (Å²) in [5.41, 5.74) is 0. The molecule has 2 saturated carbocycles. The van der Waals surface area contributed by atoms with Crippen molar-refractivity contribution in [3.63, 3.8) is 0 Å². The van der Waals surface area contributed by atoms with E-state index in [-0.39, 0.29) is 11.3 Å². The third-order valence-electron chi connectivity index (χ3n) is 5.23. The van der Waals surface area contributed by atoms with Crippen molar-refractivity contribution in [1.29, 1.82) is 0 Å². The van der Waals surface area contributed by atoms with E-state index in [1.165, 1.54) is 44.9 Å². The Morgan fingerprint density at radius 3 is 2.20 bits per heavy atom. The first-order valence-electron chi connectivity index (χ1n) is 8.53. The Morgan fingerprint density at radius 1 is 1.15 bits per heavy atom. The van der Waals surface area contributed by atoms with Gasteiger partial charge in [0.05, 0.1) is 6.04 Å². The van der Waals surface area contributed by atoms with Crippen molar-refractivity contribution in [2.45, 2.75) is 89.0 Å². The fourth-order valence-corrected chi connectivity index (χ4v) is 3.64. The van der Waals surface area contributed by atoms with Crippen LogP contribution in [0.2, 0.25) is 0 Å². The summed E-state index contributed by atoms with van der Waals surface area (Å²) in [5.74, 6) is 2.08. The quantitative estimate of drug-likeness (QED) is 0.630. The number of ketones is 1. The number of Topliss-reactive ketones (excluding diaryl/α,β-unsaturated/α-hetero) is 1. The van der Waals surface area contributed by atoms with Crippen molar-refractivity contribution in [1.82, 2.24) is 5.32 Å². The maximum atomic E-state index is 12.4. The molecule has 0 aromatic heterocycles. The third-order valence-corrected chi connectivity index (χ3v) is 5.53. The molecule has 0 heterocycles. The minimum atomic E-state index is -0.0616. The van der Waals surface area contributed by atoms with Crippen molar-refractivity contribution < 1.29 is 4.79 Å². The van der Waals surface area contributed by atoms with Gasteiger partial charge < -0.3 is 5.32 Å². The molecule has 2 aliphatic carbocycles. The van der Waals surface area contributed by atoms with E-state index in [0.717, 1.165) is 24.7 Å². The van der Waals surface area contributed by atoms with E-state index in [2.05, 4.69) is 24.9 Å². The van der Waals surface area contributed by atoms with E-state index >= 15 is 0 Å². The van der Waals surface area contributed by atoms with Crippen LogP contribution < -0.4 is 5.32 Å². The largest absolute Gasteiger partial charge is 0.304 e. The molecule has 0 spiro atoms. The summed E-state index contributed by atoms with van der Waals surface area (Å²) >= 11 is 4.53. The lowest BCUT2D eigenvalue weighted by Gasteiger charge is -2.32. The molecule has 0 bridgehead atoms. The van der Waals surface area contributed by atoms with E-state index in [0.29, 0.717) is 11.8 Å². The number of hydrogen-bond donors (Lipinski definition) is 2. The van der Waals surface area contributed by atoms with E-state index < -0.39 is 0 Å². The van der Waals surface area contributed by atoms with Gasteiger partial charge in [-0.1, -0.05) is 45.4 Å². The van der Waals surface area contributed by atoms with Crippen molar-refractivity contribution >= 4 is 18.4 Å². The van der Waals surface area contributed by atoms with Crippen LogP contribution in [0.4, 0.5) is 0 Å². The zero-order chi connectivity index (χ0) is 14.5. The Balaban J connectivity index is 1.73. The van der Waals surface area contributed by atoms with E-state index in [1.54, 1.807) is 0 Å². The highest BCUT2D eigenvalue weighted by Gasteiger charge is 2.27. The first kappa shape index (κ1) is 16.4. The summed E-state index contributed by atoms with van der Waals surface area (Å²) in [6.45, 7) is 4.26. The molecule has 2 nitrogen and oxygen atoms in total. The molecule has 3 unspecified atom stereocenters. The minimum absolute atomic E-state index is 0.0616. The van der Waals surface area contributed by atoms with Gasteiger partial charge in [0.2, 0.25) is 0 Å². The maximum Gasteiger partial charge on any atom is 0.150 e. The van der Waals surface area contributed by atoms with Gasteiger partial charge in [0.1, 0.15) is 0 Å². The second kappa shape index (κ2) is 7.84. The summed E-state index contributed by atoms with van der Waals surface area (Å²) in [6, 6.07) is 0.376. The Kier molecular flexibility index (Phi) is 6.41. The fourth-order valence-electron chi connectivity index (χ4n) is 3.39. The number of hydrogen-bond acceptors (Lipinski definition) is 3. The standard InChI is InChI=1S/C17H31NOS/c1-12(11-15-7-4-8-15)18-17(13(2)20)16(19)10-9-14-5-3-6-14/h12-15,17-18,20H,3-11H2,1-2H3. The number of rotatable bonds is 9. The minimum Gasteiger partial charge on any atom is -0.304 e. The summed E-state index contributed by atoms with van der Waals surface area (Å²) in [6.07, 6.45) is 11.2. The molecule has 2 fully saturated rings. The lowest BCUT2D eigenvalue weighted by atomic mass is 9.80. The van der Waals surface area contributed by atoms with Gasteiger partial charge in [0.25, 0.3) is 0 Å². The molecule has 0 radical (unpaired) electrons. The molecular formula is C17H31NOS. The highest BCUT2D eigenvalue weighted by molar-refractivity contribution is 7.81. The van der Waals surface area contributed by atoms with Crippen LogP contribution in [0.1, 0.15) is 71.6 Å². The highest BCUT2D eigenvalue weighted by Crippen LogP contribution is 2.31. The van der Waals surface area contributed by atoms with Gasteiger partial charge in [-0.2, -0.15) is 12.6 Å². The second-order valence-electron chi connectivity index (χ2n) is 7.12. The lowest BCUT2D eigenvalue weighted by Crippen LogP contribution is -2.47. The van der Waals surface area contributed by atoms with Crippen LogP contribution in [0.3, 0.4) is 0 Å². The van der Waals surface area contributed by atoms with Crippen LogP contribution in [0.15, 0.2) is 0 Å². The topological polar surface area (TPSA) is 29.1 Å². The van der Waals surface area contributed by atoms with Crippen LogP contribution in [0.5, 0.6) is 0 Å². The first-order chi connectivity index (χ1) is 9.56. The van der Waals surface area contributed by atoms with Gasteiger partial charge in [-0.25, -0.2) is 0 Å². The van der Waals surface area contributed by atoms with Gasteiger partial charge >= 0.3 is 0 Å². The molecule has 0 saturated heterocycles. The number of carbonyl (C=O) groups excluding carboxylic acids is 1. The van der Waals surface area contributed by atoms with Crippen molar-refractivity contribution in [2.75, 3.05) is 0 Å². The first-order valence-corrected chi connectivity index (χ1v) is 9.04. The molecule has 2 rings (SSSR count). The Bertz CT molecular complexity index is 310. The van der Waals surface area contributed by atoms with Gasteiger partial charge in [-0.15, -0.1) is 0 Å². The zero-order valence-electron chi connectivity index (χ0n) is 13.1. The Labute approximate surface area is 129 Å². The highest BCUT2D eigenvalue weighted by atomic mass is 32.1. The molecule has 20 heavy (non-hydrogen) atoms. The Hall–Kier alpha value is -0.0200. The molecule has 3 atom stereocenters. The average Bonchev–Trinajstić information content (AvgIpc) is 2.28. The molecule has 0 aromatic rings. The molecule has 0 aromatic carbocycles. The smallest absolute Gasteiger partial charge is 0.150 e. The Morgan fingerprint density at radius 2 is 1.75 bits per heavy atom. The van der Waals surface area contributed by atoms with Gasteiger partial charge in [0.15, 0.2) is 5.78 Å². The number of thiol groups is 1.